The van der Waals surface area contributed by atoms with E-state index in [1.54, 1.807) is 11.1 Å². The molecule has 0 spiro atoms. The lowest BCUT2D eigenvalue weighted by molar-refractivity contribution is 0.590. The highest BCUT2D eigenvalue weighted by molar-refractivity contribution is 6.32. The first-order valence-electron chi connectivity index (χ1n) is 13.3. The summed E-state index contributed by atoms with van der Waals surface area (Å²) in [4.78, 5) is 0. The molecule has 4 aliphatic rings. The van der Waals surface area contributed by atoms with Crippen LogP contribution >= 0.6 is 11.6 Å². The molecule has 0 nitrogen and oxygen atoms in total. The molecule has 2 fully saturated rings. The molecule has 0 unspecified atom stereocenters. The molecule has 0 heterocycles. The van der Waals surface area contributed by atoms with Crippen molar-refractivity contribution in [3.8, 4) is 11.1 Å². The van der Waals surface area contributed by atoms with Crippen molar-refractivity contribution in [3.63, 3.8) is 0 Å². The quantitative estimate of drug-likeness (QED) is 0.351. The zero-order valence-corrected chi connectivity index (χ0v) is 22.0. The molecule has 178 valence electrons. The highest BCUT2D eigenvalue weighted by atomic mass is 35.5. The SMILES string of the molecule is CC(C)(C)c1ccc(-c2cccc3c2C=C(C2CC2)C3)cc1.Clc1cccc2c1C=C(C1CC1)C2. The number of rotatable bonds is 3. The topological polar surface area (TPSA) is 0 Å². The second-order valence-electron chi connectivity index (χ2n) is 11.9. The molecule has 0 aliphatic heterocycles. The third kappa shape index (κ3) is 4.78. The molecule has 0 amide bonds. The van der Waals surface area contributed by atoms with E-state index in [1.807, 2.05) is 12.1 Å². The highest BCUT2D eigenvalue weighted by Crippen LogP contribution is 2.45. The van der Waals surface area contributed by atoms with Crippen LogP contribution in [0.4, 0.5) is 0 Å². The van der Waals surface area contributed by atoms with E-state index in [-0.39, 0.29) is 5.41 Å². The summed E-state index contributed by atoms with van der Waals surface area (Å²) in [5.41, 5.74) is 13.3. The summed E-state index contributed by atoms with van der Waals surface area (Å²) in [5, 5.41) is 0.910. The van der Waals surface area contributed by atoms with Gasteiger partial charge in [-0.25, -0.2) is 0 Å². The molecular formula is C34H35Cl. The van der Waals surface area contributed by atoms with Gasteiger partial charge in [0.2, 0.25) is 0 Å². The molecule has 4 aliphatic carbocycles. The van der Waals surface area contributed by atoms with E-state index in [0.717, 1.165) is 23.3 Å². The summed E-state index contributed by atoms with van der Waals surface area (Å²) in [5.74, 6) is 1.76. The third-order valence-corrected chi connectivity index (χ3v) is 8.38. The van der Waals surface area contributed by atoms with Crippen molar-refractivity contribution in [2.24, 2.45) is 11.8 Å². The Morgan fingerprint density at radius 1 is 0.657 bits per heavy atom. The number of halogens is 1. The number of hydrogen-bond acceptors (Lipinski definition) is 0. The summed E-state index contributed by atoms with van der Waals surface area (Å²) >= 11 is 6.12. The maximum Gasteiger partial charge on any atom is 0.0481 e. The van der Waals surface area contributed by atoms with E-state index < -0.39 is 0 Å². The Balaban J connectivity index is 0.000000149. The van der Waals surface area contributed by atoms with Gasteiger partial charge in [0, 0.05) is 5.02 Å². The van der Waals surface area contributed by atoms with Crippen LogP contribution in [0.25, 0.3) is 23.3 Å². The van der Waals surface area contributed by atoms with Crippen LogP contribution in [-0.2, 0) is 18.3 Å². The summed E-state index contributed by atoms with van der Waals surface area (Å²) in [6.45, 7) is 6.81. The summed E-state index contributed by atoms with van der Waals surface area (Å²) in [7, 11) is 0. The first kappa shape index (κ1) is 22.9. The molecule has 7 rings (SSSR count). The molecule has 3 aromatic rings. The van der Waals surface area contributed by atoms with Crippen LogP contribution in [0, 0.1) is 11.8 Å². The van der Waals surface area contributed by atoms with Gasteiger partial charge in [-0.2, -0.15) is 0 Å². The highest BCUT2D eigenvalue weighted by Gasteiger charge is 2.30. The van der Waals surface area contributed by atoms with Gasteiger partial charge in [-0.1, -0.05) is 110 Å². The van der Waals surface area contributed by atoms with Crippen molar-refractivity contribution < 1.29 is 0 Å². The summed E-state index contributed by atoms with van der Waals surface area (Å²) in [6.07, 6.45) is 12.7. The van der Waals surface area contributed by atoms with E-state index >= 15 is 0 Å². The van der Waals surface area contributed by atoms with Gasteiger partial charge in [-0.05, 0) is 101 Å². The van der Waals surface area contributed by atoms with Crippen molar-refractivity contribution in [1.82, 2.24) is 0 Å². The van der Waals surface area contributed by atoms with Gasteiger partial charge in [0.1, 0.15) is 0 Å². The van der Waals surface area contributed by atoms with Gasteiger partial charge in [0.25, 0.3) is 0 Å². The van der Waals surface area contributed by atoms with Crippen molar-refractivity contribution in [3.05, 3.63) is 105 Å². The maximum atomic E-state index is 6.12. The van der Waals surface area contributed by atoms with Crippen LogP contribution in [0.2, 0.25) is 5.02 Å². The normalized spacial score (nSPS) is 18.3. The predicted molar refractivity (Wildman–Crippen MR) is 151 cm³/mol. The fourth-order valence-electron chi connectivity index (χ4n) is 5.58. The predicted octanol–water partition coefficient (Wildman–Crippen LogP) is 9.69. The standard InChI is InChI=1S/C22H24.C12H11Cl/c1-22(2,3)19-11-9-16(10-12-19)20-6-4-5-17-13-18(14-21(17)20)15-7-8-15;13-12-3-1-2-9-6-10(7-11(9)12)8-4-5-8/h4-6,9-12,14-15H,7-8,13H2,1-3H3;1-3,7-8H,4-6H2. The Kier molecular flexibility index (Phi) is 5.76. The molecular weight excluding hydrogens is 444 g/mol. The average Bonchev–Trinajstić information content (AvgIpc) is 3.78. The van der Waals surface area contributed by atoms with E-state index in [0.29, 0.717) is 0 Å². The lowest BCUT2D eigenvalue weighted by Gasteiger charge is -2.19. The minimum absolute atomic E-state index is 0.218. The molecule has 0 bridgehead atoms. The van der Waals surface area contributed by atoms with Gasteiger partial charge in [0.05, 0.1) is 0 Å². The van der Waals surface area contributed by atoms with Crippen molar-refractivity contribution in [1.29, 1.82) is 0 Å². The molecule has 0 aromatic heterocycles. The number of hydrogen-bond donors (Lipinski definition) is 0. The fourth-order valence-corrected chi connectivity index (χ4v) is 5.83. The minimum atomic E-state index is 0.218. The minimum Gasteiger partial charge on any atom is -0.0837 e. The molecule has 0 atom stereocenters. The Morgan fingerprint density at radius 3 is 1.74 bits per heavy atom. The molecule has 2 saturated carbocycles. The van der Waals surface area contributed by atoms with Gasteiger partial charge in [0.15, 0.2) is 0 Å². The van der Waals surface area contributed by atoms with E-state index in [9.17, 15) is 0 Å². The van der Waals surface area contributed by atoms with Crippen LogP contribution in [-0.4, -0.2) is 0 Å². The van der Waals surface area contributed by atoms with Gasteiger partial charge in [-0.15, -0.1) is 0 Å². The average molecular weight is 479 g/mol. The number of benzene rings is 3. The van der Waals surface area contributed by atoms with Crippen LogP contribution < -0.4 is 0 Å². The summed E-state index contributed by atoms with van der Waals surface area (Å²) < 4.78 is 0. The monoisotopic (exact) mass is 478 g/mol. The lowest BCUT2D eigenvalue weighted by Crippen LogP contribution is -2.10. The Morgan fingerprint density at radius 2 is 1.20 bits per heavy atom. The Hall–Kier alpha value is -2.57. The zero-order valence-electron chi connectivity index (χ0n) is 21.2. The van der Waals surface area contributed by atoms with Gasteiger partial charge < -0.3 is 0 Å². The third-order valence-electron chi connectivity index (χ3n) is 8.05. The van der Waals surface area contributed by atoms with E-state index in [2.05, 4.69) is 81.5 Å². The number of fused-ring (bicyclic) bond motifs is 2. The molecule has 35 heavy (non-hydrogen) atoms. The molecule has 1 heteroatoms. The van der Waals surface area contributed by atoms with Crippen molar-refractivity contribution in [2.45, 2.75) is 64.7 Å². The van der Waals surface area contributed by atoms with Gasteiger partial charge in [-0.3, -0.25) is 0 Å². The van der Waals surface area contributed by atoms with Crippen molar-refractivity contribution >= 4 is 23.8 Å². The number of allylic oxidation sites excluding steroid dienone is 2. The fraction of sp³-hybridized carbons (Fsp3) is 0.353. The molecule has 0 saturated heterocycles. The van der Waals surface area contributed by atoms with Crippen LogP contribution in [0.15, 0.2) is 71.8 Å². The van der Waals surface area contributed by atoms with Gasteiger partial charge >= 0.3 is 0 Å². The maximum absolute atomic E-state index is 6.12. The molecule has 3 aromatic carbocycles. The smallest absolute Gasteiger partial charge is 0.0481 e. The van der Waals surface area contributed by atoms with Crippen molar-refractivity contribution in [2.75, 3.05) is 0 Å². The summed E-state index contributed by atoms with van der Waals surface area (Å²) in [6, 6.07) is 22.2. The van der Waals surface area contributed by atoms with E-state index in [4.69, 9.17) is 11.6 Å². The van der Waals surface area contributed by atoms with Crippen LogP contribution in [0.3, 0.4) is 0 Å². The second-order valence-corrected chi connectivity index (χ2v) is 12.3. The molecule has 0 radical (unpaired) electrons. The Labute approximate surface area is 215 Å². The Bertz CT molecular complexity index is 1320. The molecule has 0 N–H and O–H groups in total. The second kappa shape index (κ2) is 8.82. The zero-order chi connectivity index (χ0) is 24.2. The first-order valence-corrected chi connectivity index (χ1v) is 13.7. The van der Waals surface area contributed by atoms with Crippen LogP contribution in [0.1, 0.15) is 74.3 Å². The van der Waals surface area contributed by atoms with E-state index in [1.165, 1.54) is 71.0 Å². The lowest BCUT2D eigenvalue weighted by atomic mass is 9.86. The largest absolute Gasteiger partial charge is 0.0837 e. The van der Waals surface area contributed by atoms with Crippen LogP contribution in [0.5, 0.6) is 0 Å². The first-order chi connectivity index (χ1) is 16.9.